The number of ketones is 1. The molecule has 3 N–H and O–H groups in total. The van der Waals surface area contributed by atoms with Gasteiger partial charge >= 0.3 is 12.2 Å². The third kappa shape index (κ3) is 11.1. The van der Waals surface area contributed by atoms with Crippen molar-refractivity contribution in [1.82, 2.24) is 10.6 Å². The highest BCUT2D eigenvalue weighted by atomic mass is 16.6. The first-order valence-corrected chi connectivity index (χ1v) is 12.7. The van der Waals surface area contributed by atoms with Crippen LogP contribution in [0.2, 0.25) is 0 Å². The molecule has 204 valence electrons. The number of amides is 3. The second kappa shape index (κ2) is 15.6. The zero-order valence-corrected chi connectivity index (χ0v) is 21.9. The smallest absolute Gasteiger partial charge is 0.409 e. The van der Waals surface area contributed by atoms with Crippen LogP contribution in [-0.4, -0.2) is 30.0 Å². The highest BCUT2D eigenvalue weighted by Crippen LogP contribution is 2.12. The summed E-state index contributed by atoms with van der Waals surface area (Å²) in [5.74, 6) is -0.217. The lowest BCUT2D eigenvalue weighted by Gasteiger charge is -2.20. The maximum absolute atomic E-state index is 12.4. The monoisotopic (exact) mass is 531 g/mol. The molecule has 0 saturated carbocycles. The SMILES string of the molecule is CC(=O)c1ccc(NC(=O)CCCCC(NC(=O)OCc2ccccc2)NC(=O)OCc2ccccc2)cc1. The number of carbonyl (C=O) groups excluding carboxylic acids is 4. The van der Waals surface area contributed by atoms with Gasteiger partial charge in [0.25, 0.3) is 0 Å². The van der Waals surface area contributed by atoms with Crippen LogP contribution in [0.5, 0.6) is 0 Å². The normalized spacial score (nSPS) is 10.4. The van der Waals surface area contributed by atoms with E-state index < -0.39 is 18.4 Å². The van der Waals surface area contributed by atoms with Gasteiger partial charge < -0.3 is 25.4 Å². The average Bonchev–Trinajstić information content (AvgIpc) is 2.94. The van der Waals surface area contributed by atoms with Crippen LogP contribution in [0.3, 0.4) is 0 Å². The fourth-order valence-corrected chi connectivity index (χ4v) is 3.64. The quantitative estimate of drug-likeness (QED) is 0.151. The molecule has 0 fully saturated rings. The molecule has 9 nitrogen and oxygen atoms in total. The molecule has 3 aromatic rings. The van der Waals surface area contributed by atoms with E-state index in [1.54, 1.807) is 24.3 Å². The van der Waals surface area contributed by atoms with Crippen molar-refractivity contribution < 1.29 is 28.7 Å². The van der Waals surface area contributed by atoms with Gasteiger partial charge in [-0.25, -0.2) is 9.59 Å². The van der Waals surface area contributed by atoms with Crippen LogP contribution < -0.4 is 16.0 Å². The van der Waals surface area contributed by atoms with Crippen LogP contribution in [0.1, 0.15) is 54.1 Å². The van der Waals surface area contributed by atoms with Crippen LogP contribution in [0.25, 0.3) is 0 Å². The van der Waals surface area contributed by atoms with Gasteiger partial charge in [0.05, 0.1) is 0 Å². The van der Waals surface area contributed by atoms with Crippen molar-refractivity contribution in [2.24, 2.45) is 0 Å². The number of anilines is 1. The standard InChI is InChI=1S/C30H33N3O6/c1-22(34)25-16-18-26(19-17-25)31-28(35)15-9-8-14-27(32-29(36)38-20-23-10-4-2-5-11-23)33-30(37)39-21-24-12-6-3-7-13-24/h2-7,10-13,16-19,27H,8-9,14-15,20-21H2,1H3,(H,31,35)(H,32,36)(H,33,37). The van der Waals surface area contributed by atoms with Crippen LogP contribution >= 0.6 is 0 Å². The Labute approximate surface area is 227 Å². The molecule has 0 heterocycles. The number of nitrogens with one attached hydrogen (secondary N) is 3. The molecule has 0 radical (unpaired) electrons. The third-order valence-electron chi connectivity index (χ3n) is 5.73. The van der Waals surface area contributed by atoms with Crippen LogP contribution in [0.4, 0.5) is 15.3 Å². The summed E-state index contributed by atoms with van der Waals surface area (Å²) in [6.45, 7) is 1.66. The number of carbonyl (C=O) groups is 4. The second-order valence-corrected chi connectivity index (χ2v) is 8.89. The molecule has 0 atom stereocenters. The molecule has 0 aliphatic carbocycles. The van der Waals surface area contributed by atoms with Crippen molar-refractivity contribution in [3.05, 3.63) is 102 Å². The lowest BCUT2D eigenvalue weighted by molar-refractivity contribution is -0.116. The Balaban J connectivity index is 1.46. The molecule has 0 spiro atoms. The highest BCUT2D eigenvalue weighted by molar-refractivity contribution is 5.95. The minimum atomic E-state index is -0.751. The summed E-state index contributed by atoms with van der Waals surface area (Å²) >= 11 is 0. The summed E-state index contributed by atoms with van der Waals surface area (Å²) in [4.78, 5) is 48.5. The summed E-state index contributed by atoms with van der Waals surface area (Å²) < 4.78 is 10.6. The van der Waals surface area contributed by atoms with Crippen molar-refractivity contribution in [3.8, 4) is 0 Å². The van der Waals surface area contributed by atoms with E-state index in [1.807, 2.05) is 60.7 Å². The van der Waals surface area contributed by atoms with Crippen LogP contribution in [0, 0.1) is 0 Å². The maximum atomic E-state index is 12.4. The molecular formula is C30H33N3O6. The van der Waals surface area contributed by atoms with Crippen molar-refractivity contribution >= 4 is 29.6 Å². The average molecular weight is 532 g/mol. The number of unbranched alkanes of at least 4 members (excludes halogenated alkanes) is 1. The lowest BCUT2D eigenvalue weighted by atomic mass is 10.1. The molecule has 3 aromatic carbocycles. The summed E-state index contributed by atoms with van der Waals surface area (Å²) in [5.41, 5.74) is 2.85. The number of hydrogen-bond donors (Lipinski definition) is 3. The molecule has 3 rings (SSSR count). The Morgan fingerprint density at radius 2 is 1.21 bits per heavy atom. The first kappa shape index (κ1) is 28.9. The Kier molecular flexibility index (Phi) is 11.5. The predicted molar refractivity (Wildman–Crippen MR) is 147 cm³/mol. The number of benzene rings is 3. The third-order valence-corrected chi connectivity index (χ3v) is 5.73. The molecule has 0 aromatic heterocycles. The summed E-state index contributed by atoms with van der Waals surface area (Å²) in [6.07, 6.45) is -0.439. The molecular weight excluding hydrogens is 498 g/mol. The fraction of sp³-hybridized carbons (Fsp3) is 0.267. The van der Waals surface area contributed by atoms with Crippen LogP contribution in [0.15, 0.2) is 84.9 Å². The zero-order valence-electron chi connectivity index (χ0n) is 21.9. The molecule has 0 saturated heterocycles. The first-order chi connectivity index (χ1) is 18.9. The minimum absolute atomic E-state index is 0.0439. The molecule has 0 bridgehead atoms. The number of ether oxygens (including phenoxy) is 2. The van der Waals surface area contributed by atoms with E-state index in [1.165, 1.54) is 6.92 Å². The van der Waals surface area contributed by atoms with Gasteiger partial charge in [-0.1, -0.05) is 60.7 Å². The molecule has 0 aliphatic rings. The summed E-state index contributed by atoms with van der Waals surface area (Å²) in [6, 6.07) is 25.2. The van der Waals surface area contributed by atoms with Gasteiger partial charge in [-0.15, -0.1) is 0 Å². The fourth-order valence-electron chi connectivity index (χ4n) is 3.64. The van der Waals surface area contributed by atoms with Crippen molar-refractivity contribution in [2.45, 2.75) is 52.0 Å². The number of hydrogen-bond acceptors (Lipinski definition) is 6. The molecule has 3 amide bonds. The number of Topliss-reactive ketones (excluding diaryl/α,β-unsaturated/α-hetero) is 1. The van der Waals surface area contributed by atoms with Gasteiger partial charge in [0.2, 0.25) is 5.91 Å². The largest absolute Gasteiger partial charge is 0.445 e. The number of alkyl carbamates (subject to hydrolysis) is 2. The molecule has 39 heavy (non-hydrogen) atoms. The van der Waals surface area contributed by atoms with Gasteiger partial charge in [-0.3, -0.25) is 9.59 Å². The van der Waals surface area contributed by atoms with E-state index in [0.29, 0.717) is 30.5 Å². The van der Waals surface area contributed by atoms with Crippen molar-refractivity contribution in [3.63, 3.8) is 0 Å². The zero-order chi connectivity index (χ0) is 27.9. The Bertz CT molecular complexity index is 1160. The topological polar surface area (TPSA) is 123 Å². The van der Waals surface area contributed by atoms with Gasteiger partial charge in [0.1, 0.15) is 19.4 Å². The van der Waals surface area contributed by atoms with E-state index in [2.05, 4.69) is 16.0 Å². The number of rotatable bonds is 13. The Hall–Kier alpha value is -4.66. The van der Waals surface area contributed by atoms with Gasteiger partial charge in [0, 0.05) is 17.7 Å². The lowest BCUT2D eigenvalue weighted by Crippen LogP contribution is -2.48. The van der Waals surface area contributed by atoms with Crippen molar-refractivity contribution in [1.29, 1.82) is 0 Å². The summed E-state index contributed by atoms with van der Waals surface area (Å²) in [5, 5.41) is 8.11. The van der Waals surface area contributed by atoms with Gasteiger partial charge in [-0.05, 0) is 61.6 Å². The van der Waals surface area contributed by atoms with E-state index in [-0.39, 0.29) is 31.3 Å². The van der Waals surface area contributed by atoms with Gasteiger partial charge in [-0.2, -0.15) is 0 Å². The van der Waals surface area contributed by atoms with Gasteiger partial charge in [0.15, 0.2) is 5.78 Å². The van der Waals surface area contributed by atoms with E-state index in [0.717, 1.165) is 11.1 Å². The summed E-state index contributed by atoms with van der Waals surface area (Å²) in [7, 11) is 0. The second-order valence-electron chi connectivity index (χ2n) is 8.89. The Morgan fingerprint density at radius 3 is 1.69 bits per heavy atom. The maximum Gasteiger partial charge on any atom is 0.409 e. The highest BCUT2D eigenvalue weighted by Gasteiger charge is 2.17. The predicted octanol–water partition coefficient (Wildman–Crippen LogP) is 5.57. The Morgan fingerprint density at radius 1 is 0.692 bits per heavy atom. The molecule has 0 aliphatic heterocycles. The first-order valence-electron chi connectivity index (χ1n) is 12.7. The van der Waals surface area contributed by atoms with Crippen molar-refractivity contribution in [2.75, 3.05) is 5.32 Å². The van der Waals surface area contributed by atoms with Crippen LogP contribution in [-0.2, 0) is 27.5 Å². The molecule has 9 heteroatoms. The van der Waals surface area contributed by atoms with E-state index in [4.69, 9.17) is 9.47 Å². The van der Waals surface area contributed by atoms with E-state index in [9.17, 15) is 19.2 Å². The molecule has 0 unspecified atom stereocenters. The minimum Gasteiger partial charge on any atom is -0.445 e. The van der Waals surface area contributed by atoms with E-state index >= 15 is 0 Å².